The molecule has 17 heavy (non-hydrogen) atoms. The molecule has 1 aliphatic heterocycles. The van der Waals surface area contributed by atoms with Gasteiger partial charge in [-0.1, -0.05) is 6.92 Å². The van der Waals surface area contributed by atoms with Gasteiger partial charge in [-0.15, -0.1) is 0 Å². The highest BCUT2D eigenvalue weighted by molar-refractivity contribution is 5.45. The van der Waals surface area contributed by atoms with Crippen molar-refractivity contribution in [3.05, 3.63) is 24.0 Å². The first-order valence-electron chi connectivity index (χ1n) is 6.20. The van der Waals surface area contributed by atoms with E-state index in [-0.39, 0.29) is 6.10 Å². The minimum Gasteiger partial charge on any atom is -0.391 e. The highest BCUT2D eigenvalue weighted by Gasteiger charge is 2.24. The molecule has 1 aromatic heterocycles. The Bertz CT molecular complexity index is 351. The number of pyridine rings is 1. The van der Waals surface area contributed by atoms with E-state index >= 15 is 0 Å². The van der Waals surface area contributed by atoms with Gasteiger partial charge in [0.1, 0.15) is 6.10 Å². The summed E-state index contributed by atoms with van der Waals surface area (Å²) in [5.74, 6) is 0. The molecule has 1 fully saturated rings. The van der Waals surface area contributed by atoms with Gasteiger partial charge in [-0.3, -0.25) is 4.98 Å². The predicted octanol–water partition coefficient (Wildman–Crippen LogP) is 1.23. The van der Waals surface area contributed by atoms with Crippen molar-refractivity contribution in [1.82, 2.24) is 4.98 Å². The van der Waals surface area contributed by atoms with Crippen LogP contribution in [0.2, 0.25) is 0 Å². The average Bonchev–Trinajstić information content (AvgIpc) is 2.39. The van der Waals surface area contributed by atoms with E-state index in [0.29, 0.717) is 6.61 Å². The number of hydrogen-bond acceptors (Lipinski definition) is 4. The lowest BCUT2D eigenvalue weighted by molar-refractivity contribution is -0.0364. The van der Waals surface area contributed by atoms with Crippen LogP contribution in [0.4, 0.5) is 5.69 Å². The third kappa shape index (κ3) is 2.96. The summed E-state index contributed by atoms with van der Waals surface area (Å²) in [6.07, 6.45) is 2.33. The highest BCUT2D eigenvalue weighted by atomic mass is 16.5. The van der Waals surface area contributed by atoms with Crippen LogP contribution in [0.1, 0.15) is 19.5 Å². The number of ether oxygens (including phenoxy) is 1. The van der Waals surface area contributed by atoms with Crippen LogP contribution in [0, 0.1) is 0 Å². The van der Waals surface area contributed by atoms with Crippen LogP contribution in [0.25, 0.3) is 0 Å². The zero-order valence-electron chi connectivity index (χ0n) is 10.5. The summed E-state index contributed by atoms with van der Waals surface area (Å²) in [5.41, 5.74) is 2.21. The normalized spacial score (nSPS) is 22.5. The number of hydrogen-bond donors (Lipinski definition) is 1. The monoisotopic (exact) mass is 236 g/mol. The van der Waals surface area contributed by atoms with Gasteiger partial charge >= 0.3 is 0 Å². The molecule has 1 N–H and O–H groups in total. The van der Waals surface area contributed by atoms with Crippen molar-refractivity contribution in [2.45, 2.75) is 32.5 Å². The van der Waals surface area contributed by atoms with Crippen LogP contribution in [0.5, 0.6) is 0 Å². The molecular formula is C13H20N2O2. The molecule has 0 bridgehead atoms. The number of anilines is 1. The van der Waals surface area contributed by atoms with Gasteiger partial charge in [0.05, 0.1) is 24.6 Å². The van der Waals surface area contributed by atoms with E-state index in [1.54, 1.807) is 6.92 Å². The summed E-state index contributed by atoms with van der Waals surface area (Å²) in [6.45, 7) is 6.11. The van der Waals surface area contributed by atoms with Gasteiger partial charge in [0.15, 0.2) is 0 Å². The maximum Gasteiger partial charge on any atom is 0.101 e. The van der Waals surface area contributed by atoms with Gasteiger partial charge < -0.3 is 14.7 Å². The predicted molar refractivity (Wildman–Crippen MR) is 67.2 cm³/mol. The standard InChI is InChI=1S/C13H20N2O2/c1-3-11-4-5-12(8-14-11)15-6-7-17-13(9-15)10(2)16/h4-5,8,10,13,16H,3,6-7,9H2,1-2H3. The minimum absolute atomic E-state index is 0.102. The number of rotatable bonds is 3. The topological polar surface area (TPSA) is 45.6 Å². The molecule has 94 valence electrons. The Morgan fingerprint density at radius 2 is 2.41 bits per heavy atom. The highest BCUT2D eigenvalue weighted by Crippen LogP contribution is 2.18. The first kappa shape index (κ1) is 12.3. The Balaban J connectivity index is 2.05. The quantitative estimate of drug-likeness (QED) is 0.857. The van der Waals surface area contributed by atoms with Gasteiger partial charge in [0.25, 0.3) is 0 Å². The van der Waals surface area contributed by atoms with E-state index in [1.807, 2.05) is 6.20 Å². The summed E-state index contributed by atoms with van der Waals surface area (Å²) < 4.78 is 5.52. The number of aliphatic hydroxyl groups is 1. The summed E-state index contributed by atoms with van der Waals surface area (Å²) in [6, 6.07) is 4.15. The summed E-state index contributed by atoms with van der Waals surface area (Å²) in [5, 5.41) is 9.56. The maximum atomic E-state index is 9.56. The van der Waals surface area contributed by atoms with Gasteiger partial charge in [0, 0.05) is 18.8 Å². The van der Waals surface area contributed by atoms with Crippen molar-refractivity contribution in [3.8, 4) is 0 Å². The average molecular weight is 236 g/mol. The van der Waals surface area contributed by atoms with Crippen molar-refractivity contribution in [2.24, 2.45) is 0 Å². The first-order chi connectivity index (χ1) is 8.20. The maximum absolute atomic E-state index is 9.56. The lowest BCUT2D eigenvalue weighted by Gasteiger charge is -2.35. The second-order valence-electron chi connectivity index (χ2n) is 4.46. The second kappa shape index (κ2) is 5.47. The molecule has 4 nitrogen and oxygen atoms in total. The fraction of sp³-hybridized carbons (Fsp3) is 0.615. The van der Waals surface area contributed by atoms with Gasteiger partial charge in [-0.25, -0.2) is 0 Å². The van der Waals surface area contributed by atoms with Gasteiger partial charge in [0.2, 0.25) is 0 Å². The van der Waals surface area contributed by atoms with E-state index in [9.17, 15) is 5.11 Å². The number of nitrogens with zero attached hydrogens (tertiary/aromatic N) is 2. The summed E-state index contributed by atoms with van der Waals surface area (Å²) in [4.78, 5) is 6.61. The van der Waals surface area contributed by atoms with E-state index in [1.165, 1.54) is 0 Å². The van der Waals surface area contributed by atoms with Crippen molar-refractivity contribution in [2.75, 3.05) is 24.6 Å². The SMILES string of the molecule is CCc1ccc(N2CCOC(C(C)O)C2)cn1. The minimum atomic E-state index is -0.430. The lowest BCUT2D eigenvalue weighted by atomic mass is 10.1. The van der Waals surface area contributed by atoms with Crippen molar-refractivity contribution < 1.29 is 9.84 Å². The van der Waals surface area contributed by atoms with Crippen LogP contribution < -0.4 is 4.90 Å². The number of morpholine rings is 1. The molecule has 0 amide bonds. The van der Waals surface area contributed by atoms with Crippen LogP contribution in [-0.4, -0.2) is 42.0 Å². The van der Waals surface area contributed by atoms with E-state index in [4.69, 9.17) is 4.74 Å². The van der Waals surface area contributed by atoms with Crippen LogP contribution >= 0.6 is 0 Å². The number of aliphatic hydroxyl groups excluding tert-OH is 1. The first-order valence-corrected chi connectivity index (χ1v) is 6.20. The Morgan fingerprint density at radius 3 is 3.00 bits per heavy atom. The molecule has 0 aromatic carbocycles. The molecule has 0 spiro atoms. The van der Waals surface area contributed by atoms with E-state index < -0.39 is 6.10 Å². The smallest absolute Gasteiger partial charge is 0.101 e. The Morgan fingerprint density at radius 1 is 1.59 bits per heavy atom. The van der Waals surface area contributed by atoms with Crippen molar-refractivity contribution in [3.63, 3.8) is 0 Å². The molecule has 2 atom stereocenters. The Kier molecular flexibility index (Phi) is 3.97. The molecular weight excluding hydrogens is 216 g/mol. The van der Waals surface area contributed by atoms with Crippen molar-refractivity contribution in [1.29, 1.82) is 0 Å². The van der Waals surface area contributed by atoms with Crippen LogP contribution in [0.3, 0.4) is 0 Å². The number of aromatic nitrogens is 1. The van der Waals surface area contributed by atoms with Crippen LogP contribution in [-0.2, 0) is 11.2 Å². The molecule has 1 saturated heterocycles. The largest absolute Gasteiger partial charge is 0.391 e. The Labute approximate surface area is 102 Å². The molecule has 1 aliphatic rings. The van der Waals surface area contributed by atoms with Crippen LogP contribution in [0.15, 0.2) is 18.3 Å². The van der Waals surface area contributed by atoms with E-state index in [0.717, 1.165) is 30.9 Å². The Hall–Kier alpha value is -1.13. The molecule has 0 radical (unpaired) electrons. The van der Waals surface area contributed by atoms with Crippen molar-refractivity contribution >= 4 is 5.69 Å². The molecule has 0 aliphatic carbocycles. The summed E-state index contributed by atoms with van der Waals surface area (Å²) >= 11 is 0. The van der Waals surface area contributed by atoms with Gasteiger partial charge in [-0.05, 0) is 25.5 Å². The number of aryl methyl sites for hydroxylation is 1. The fourth-order valence-electron chi connectivity index (χ4n) is 2.01. The third-order valence-corrected chi connectivity index (χ3v) is 3.17. The van der Waals surface area contributed by atoms with Gasteiger partial charge in [-0.2, -0.15) is 0 Å². The molecule has 1 aromatic rings. The molecule has 2 unspecified atom stereocenters. The lowest BCUT2D eigenvalue weighted by Crippen LogP contribution is -2.47. The zero-order valence-corrected chi connectivity index (χ0v) is 10.5. The fourth-order valence-corrected chi connectivity index (χ4v) is 2.01. The molecule has 2 heterocycles. The third-order valence-electron chi connectivity index (χ3n) is 3.17. The zero-order chi connectivity index (χ0) is 12.3. The molecule has 0 saturated carbocycles. The van der Waals surface area contributed by atoms with E-state index in [2.05, 4.69) is 28.9 Å². The molecule has 2 rings (SSSR count). The molecule has 4 heteroatoms. The second-order valence-corrected chi connectivity index (χ2v) is 4.46. The summed E-state index contributed by atoms with van der Waals surface area (Å²) in [7, 11) is 0.